The van der Waals surface area contributed by atoms with Crippen molar-refractivity contribution in [3.63, 3.8) is 0 Å². The Labute approximate surface area is 79.1 Å². The van der Waals surface area contributed by atoms with Crippen molar-refractivity contribution in [3.05, 3.63) is 12.7 Å². The number of alkyl halides is 3. The highest BCUT2D eigenvalue weighted by molar-refractivity contribution is 5.82. The fraction of sp³-hybridized carbons (Fsp3) is 0.625. The first kappa shape index (κ1) is 11.0. The van der Waals surface area contributed by atoms with Crippen LogP contribution in [0.25, 0.3) is 0 Å². The molecule has 14 heavy (non-hydrogen) atoms. The molecule has 0 aliphatic carbocycles. The maximum atomic E-state index is 12.0. The van der Waals surface area contributed by atoms with Crippen LogP contribution in [-0.4, -0.2) is 42.8 Å². The van der Waals surface area contributed by atoms with Crippen LogP contribution in [-0.2, 0) is 9.53 Å². The van der Waals surface area contributed by atoms with E-state index in [1.54, 1.807) is 0 Å². The first-order chi connectivity index (χ1) is 6.45. The quantitative estimate of drug-likeness (QED) is 0.602. The Balaban J connectivity index is 2.60. The number of carbonyl (C=O) groups is 1. The summed E-state index contributed by atoms with van der Waals surface area (Å²) in [5, 5.41) is 0. The molecule has 1 rings (SSSR count). The smallest absolute Gasteiger partial charge is 0.370 e. The Morgan fingerprint density at radius 1 is 1.57 bits per heavy atom. The first-order valence-corrected chi connectivity index (χ1v) is 4.05. The van der Waals surface area contributed by atoms with Gasteiger partial charge < -0.3 is 9.64 Å². The third-order valence-electron chi connectivity index (χ3n) is 1.89. The SMILES string of the molecule is C=CC1CN(C(=O)C(F)(F)F)CCO1. The lowest BCUT2D eigenvalue weighted by atomic mass is 10.2. The van der Waals surface area contributed by atoms with Gasteiger partial charge in [-0.1, -0.05) is 6.08 Å². The molecule has 80 valence electrons. The Hall–Kier alpha value is -1.04. The number of rotatable bonds is 1. The van der Waals surface area contributed by atoms with Gasteiger partial charge in [0.15, 0.2) is 0 Å². The van der Waals surface area contributed by atoms with Gasteiger partial charge in [0, 0.05) is 6.54 Å². The Morgan fingerprint density at radius 2 is 2.21 bits per heavy atom. The molecule has 1 amide bonds. The summed E-state index contributed by atoms with van der Waals surface area (Å²) < 4.78 is 41.1. The first-order valence-electron chi connectivity index (χ1n) is 4.05. The summed E-state index contributed by atoms with van der Waals surface area (Å²) in [7, 11) is 0. The molecule has 0 aromatic rings. The highest BCUT2D eigenvalue weighted by Gasteiger charge is 2.43. The van der Waals surface area contributed by atoms with E-state index in [0.717, 1.165) is 4.90 Å². The molecule has 1 aliphatic rings. The lowest BCUT2D eigenvalue weighted by Gasteiger charge is -2.31. The monoisotopic (exact) mass is 209 g/mol. The van der Waals surface area contributed by atoms with Crippen LogP contribution < -0.4 is 0 Å². The zero-order valence-electron chi connectivity index (χ0n) is 7.38. The van der Waals surface area contributed by atoms with Gasteiger partial charge in [0.2, 0.25) is 0 Å². The van der Waals surface area contributed by atoms with E-state index >= 15 is 0 Å². The van der Waals surface area contributed by atoms with Crippen LogP contribution in [0.4, 0.5) is 13.2 Å². The van der Waals surface area contributed by atoms with Crippen LogP contribution in [0.15, 0.2) is 12.7 Å². The van der Waals surface area contributed by atoms with Crippen molar-refractivity contribution >= 4 is 5.91 Å². The molecular weight excluding hydrogens is 199 g/mol. The van der Waals surface area contributed by atoms with Crippen molar-refractivity contribution in [2.24, 2.45) is 0 Å². The maximum absolute atomic E-state index is 12.0. The van der Waals surface area contributed by atoms with Crippen molar-refractivity contribution in [2.45, 2.75) is 12.3 Å². The lowest BCUT2D eigenvalue weighted by molar-refractivity contribution is -0.190. The number of halogens is 3. The number of ether oxygens (including phenoxy) is 1. The van der Waals surface area contributed by atoms with Crippen LogP contribution in [0.5, 0.6) is 0 Å². The number of hydrogen-bond acceptors (Lipinski definition) is 2. The number of carbonyl (C=O) groups excluding carboxylic acids is 1. The van der Waals surface area contributed by atoms with Gasteiger partial charge >= 0.3 is 12.1 Å². The average Bonchev–Trinajstić information content (AvgIpc) is 2.15. The van der Waals surface area contributed by atoms with Crippen LogP contribution in [0.3, 0.4) is 0 Å². The summed E-state index contributed by atoms with van der Waals surface area (Å²) in [6.07, 6.45) is -3.92. The van der Waals surface area contributed by atoms with E-state index in [9.17, 15) is 18.0 Å². The standard InChI is InChI=1S/C8H10F3NO2/c1-2-6-5-12(3-4-14-6)7(13)8(9,10)11/h2,6H,1,3-5H2. The average molecular weight is 209 g/mol. The highest BCUT2D eigenvalue weighted by atomic mass is 19.4. The van der Waals surface area contributed by atoms with Gasteiger partial charge in [-0.2, -0.15) is 13.2 Å². The Kier molecular flexibility index (Phi) is 3.15. The van der Waals surface area contributed by atoms with Crippen LogP contribution in [0, 0.1) is 0 Å². The van der Waals surface area contributed by atoms with Gasteiger partial charge in [-0.15, -0.1) is 6.58 Å². The van der Waals surface area contributed by atoms with E-state index in [4.69, 9.17) is 4.74 Å². The topological polar surface area (TPSA) is 29.5 Å². The van der Waals surface area contributed by atoms with E-state index in [1.807, 2.05) is 0 Å². The largest absolute Gasteiger partial charge is 0.471 e. The minimum atomic E-state index is -4.80. The van der Waals surface area contributed by atoms with Crippen molar-refractivity contribution in [2.75, 3.05) is 19.7 Å². The molecule has 1 saturated heterocycles. The lowest BCUT2D eigenvalue weighted by Crippen LogP contribution is -2.49. The van der Waals surface area contributed by atoms with Gasteiger partial charge in [-0.05, 0) is 0 Å². The molecule has 0 bridgehead atoms. The molecule has 0 aromatic carbocycles. The van der Waals surface area contributed by atoms with Crippen LogP contribution in [0.1, 0.15) is 0 Å². The second-order valence-electron chi connectivity index (χ2n) is 2.89. The summed E-state index contributed by atoms with van der Waals surface area (Å²) in [5.41, 5.74) is 0. The zero-order valence-corrected chi connectivity index (χ0v) is 7.38. The predicted molar refractivity (Wildman–Crippen MR) is 42.6 cm³/mol. The zero-order chi connectivity index (χ0) is 10.8. The van der Waals surface area contributed by atoms with E-state index < -0.39 is 18.2 Å². The summed E-state index contributed by atoms with van der Waals surface area (Å²) in [6.45, 7) is 3.40. The van der Waals surface area contributed by atoms with Crippen molar-refractivity contribution in [1.29, 1.82) is 0 Å². The molecule has 0 spiro atoms. The molecule has 0 radical (unpaired) electrons. The minimum absolute atomic E-state index is 0.0251. The van der Waals surface area contributed by atoms with Gasteiger partial charge in [-0.3, -0.25) is 4.79 Å². The van der Waals surface area contributed by atoms with Gasteiger partial charge in [-0.25, -0.2) is 0 Å². The molecule has 1 unspecified atom stereocenters. The Morgan fingerprint density at radius 3 is 2.71 bits per heavy atom. The van der Waals surface area contributed by atoms with Crippen molar-refractivity contribution in [3.8, 4) is 0 Å². The molecule has 0 N–H and O–H groups in total. The van der Waals surface area contributed by atoms with Gasteiger partial charge in [0.05, 0.1) is 19.3 Å². The van der Waals surface area contributed by atoms with E-state index in [2.05, 4.69) is 6.58 Å². The molecular formula is C8H10F3NO2. The maximum Gasteiger partial charge on any atom is 0.471 e. The molecule has 1 fully saturated rings. The number of hydrogen-bond donors (Lipinski definition) is 0. The molecule has 1 atom stereocenters. The van der Waals surface area contributed by atoms with Crippen molar-refractivity contribution in [1.82, 2.24) is 4.90 Å². The van der Waals surface area contributed by atoms with Gasteiger partial charge in [0.25, 0.3) is 0 Å². The van der Waals surface area contributed by atoms with E-state index in [0.29, 0.717) is 0 Å². The summed E-state index contributed by atoms with van der Waals surface area (Å²) in [6, 6.07) is 0. The minimum Gasteiger partial charge on any atom is -0.370 e. The second-order valence-corrected chi connectivity index (χ2v) is 2.89. The van der Waals surface area contributed by atoms with Gasteiger partial charge in [0.1, 0.15) is 0 Å². The molecule has 1 heterocycles. The third-order valence-corrected chi connectivity index (χ3v) is 1.89. The Bertz CT molecular complexity index is 239. The molecule has 3 nitrogen and oxygen atoms in total. The molecule has 0 aromatic heterocycles. The summed E-state index contributed by atoms with van der Waals surface area (Å²) >= 11 is 0. The third kappa shape index (κ3) is 2.47. The predicted octanol–water partition coefficient (Wildman–Crippen LogP) is 0.962. The van der Waals surface area contributed by atoms with E-state index in [-0.39, 0.29) is 19.7 Å². The van der Waals surface area contributed by atoms with Crippen LogP contribution >= 0.6 is 0 Å². The molecule has 0 saturated carbocycles. The number of nitrogens with zero attached hydrogens (tertiary/aromatic N) is 1. The number of morpholine rings is 1. The van der Waals surface area contributed by atoms with Crippen molar-refractivity contribution < 1.29 is 22.7 Å². The normalized spacial score (nSPS) is 23.4. The summed E-state index contributed by atoms with van der Waals surface area (Å²) in [5.74, 6) is -1.81. The summed E-state index contributed by atoms with van der Waals surface area (Å²) in [4.78, 5) is 11.5. The molecule has 1 aliphatic heterocycles. The fourth-order valence-electron chi connectivity index (χ4n) is 1.18. The molecule has 6 heteroatoms. The fourth-order valence-corrected chi connectivity index (χ4v) is 1.18. The van der Waals surface area contributed by atoms with E-state index in [1.165, 1.54) is 6.08 Å². The second kappa shape index (κ2) is 4.00. The van der Waals surface area contributed by atoms with Crippen LogP contribution in [0.2, 0.25) is 0 Å². The number of amides is 1. The highest BCUT2D eigenvalue weighted by Crippen LogP contribution is 2.20.